The first-order chi connectivity index (χ1) is 11.6. The van der Waals surface area contributed by atoms with Crippen LogP contribution in [0.4, 0.5) is 8.78 Å². The van der Waals surface area contributed by atoms with Gasteiger partial charge in [0.2, 0.25) is 0 Å². The Hall–Kier alpha value is -1.01. The Morgan fingerprint density at radius 1 is 1.21 bits per heavy atom. The summed E-state index contributed by atoms with van der Waals surface area (Å²) in [5.74, 6) is 0.0130. The standard InChI is InChI=1S/C18H26F2N2OS/c19-17(20)12-22-9-7-14(8-10-22)21-18(23)16-11-13-5-3-1-2-4-6-15(13)24-16/h11,14,17H,1-10,12H2,(H,21,23). The molecule has 2 aliphatic rings. The van der Waals surface area contributed by atoms with E-state index in [4.69, 9.17) is 0 Å². The zero-order chi connectivity index (χ0) is 16.9. The SMILES string of the molecule is O=C(NC1CCN(CC(F)F)CC1)c1cc2c(s1)CCCCCC2. The van der Waals surface area contributed by atoms with E-state index in [9.17, 15) is 13.6 Å². The highest BCUT2D eigenvalue weighted by molar-refractivity contribution is 7.14. The molecule has 1 amide bonds. The Labute approximate surface area is 146 Å². The van der Waals surface area contributed by atoms with Gasteiger partial charge in [-0.3, -0.25) is 9.69 Å². The number of carbonyl (C=O) groups excluding carboxylic acids is 1. The molecule has 1 aromatic heterocycles. The van der Waals surface area contributed by atoms with Crippen LogP contribution in [0.2, 0.25) is 0 Å². The molecule has 0 unspecified atom stereocenters. The molecule has 134 valence electrons. The third-order valence-corrected chi connectivity index (χ3v) is 6.28. The molecule has 1 fully saturated rings. The van der Waals surface area contributed by atoms with Crippen molar-refractivity contribution in [3.63, 3.8) is 0 Å². The molecule has 1 aliphatic carbocycles. The van der Waals surface area contributed by atoms with Crippen molar-refractivity contribution in [3.8, 4) is 0 Å². The van der Waals surface area contributed by atoms with Gasteiger partial charge in [0, 0.05) is 24.0 Å². The van der Waals surface area contributed by atoms with Gasteiger partial charge in [-0.1, -0.05) is 12.8 Å². The minimum absolute atomic E-state index is 0.0130. The summed E-state index contributed by atoms with van der Waals surface area (Å²) in [6.07, 6.45) is 6.42. The van der Waals surface area contributed by atoms with Crippen molar-refractivity contribution in [3.05, 3.63) is 21.4 Å². The molecular formula is C18H26F2N2OS. The lowest BCUT2D eigenvalue weighted by Gasteiger charge is -2.31. The zero-order valence-electron chi connectivity index (χ0n) is 14.0. The first-order valence-corrected chi connectivity index (χ1v) is 9.86. The number of amides is 1. The largest absolute Gasteiger partial charge is 0.349 e. The summed E-state index contributed by atoms with van der Waals surface area (Å²) >= 11 is 1.64. The average molecular weight is 356 g/mol. The van der Waals surface area contributed by atoms with Gasteiger partial charge in [0.25, 0.3) is 12.3 Å². The molecule has 0 radical (unpaired) electrons. The van der Waals surface area contributed by atoms with Gasteiger partial charge in [-0.25, -0.2) is 8.78 Å². The van der Waals surface area contributed by atoms with Crippen LogP contribution in [-0.2, 0) is 12.8 Å². The number of carbonyl (C=O) groups is 1. The minimum atomic E-state index is -2.28. The lowest BCUT2D eigenvalue weighted by atomic mass is 9.99. The molecule has 3 rings (SSSR count). The van der Waals surface area contributed by atoms with Crippen molar-refractivity contribution in [2.24, 2.45) is 0 Å². The quantitative estimate of drug-likeness (QED) is 0.888. The lowest BCUT2D eigenvalue weighted by molar-refractivity contribution is 0.0697. The van der Waals surface area contributed by atoms with Crippen molar-refractivity contribution in [1.82, 2.24) is 10.2 Å². The van der Waals surface area contributed by atoms with Crippen LogP contribution in [0, 0.1) is 0 Å². The van der Waals surface area contributed by atoms with Crippen LogP contribution >= 0.6 is 11.3 Å². The summed E-state index contributed by atoms with van der Waals surface area (Å²) in [6.45, 7) is 1.12. The maximum atomic E-state index is 12.5. The number of hydrogen-bond acceptors (Lipinski definition) is 3. The number of hydrogen-bond donors (Lipinski definition) is 1. The smallest absolute Gasteiger partial charge is 0.261 e. The maximum absolute atomic E-state index is 12.5. The maximum Gasteiger partial charge on any atom is 0.261 e. The van der Waals surface area contributed by atoms with E-state index in [1.807, 2.05) is 0 Å². The van der Waals surface area contributed by atoms with Gasteiger partial charge in [-0.15, -0.1) is 11.3 Å². The van der Waals surface area contributed by atoms with E-state index in [0.717, 1.165) is 30.6 Å². The lowest BCUT2D eigenvalue weighted by Crippen LogP contribution is -2.45. The Bertz CT molecular complexity index is 528. The second-order valence-electron chi connectivity index (χ2n) is 6.91. The number of likely N-dealkylation sites (tertiary alicyclic amines) is 1. The number of nitrogens with one attached hydrogen (secondary N) is 1. The summed E-state index contributed by atoms with van der Waals surface area (Å²) in [6, 6.07) is 2.18. The predicted molar refractivity (Wildman–Crippen MR) is 93.1 cm³/mol. The highest BCUT2D eigenvalue weighted by Crippen LogP contribution is 2.28. The van der Waals surface area contributed by atoms with Gasteiger partial charge >= 0.3 is 0 Å². The predicted octanol–water partition coefficient (Wildman–Crippen LogP) is 3.87. The third kappa shape index (κ3) is 4.76. The van der Waals surface area contributed by atoms with Crippen LogP contribution in [0.1, 0.15) is 58.6 Å². The van der Waals surface area contributed by atoms with E-state index in [0.29, 0.717) is 13.1 Å². The number of thiophene rings is 1. The van der Waals surface area contributed by atoms with Gasteiger partial charge in [0.15, 0.2) is 0 Å². The third-order valence-electron chi connectivity index (χ3n) is 5.04. The molecule has 2 heterocycles. The summed E-state index contributed by atoms with van der Waals surface area (Å²) in [7, 11) is 0. The number of aryl methyl sites for hydroxylation is 2. The second kappa shape index (κ2) is 8.39. The fourth-order valence-corrected chi connectivity index (χ4v) is 4.82. The first kappa shape index (κ1) is 17.8. The number of fused-ring (bicyclic) bond motifs is 1. The molecule has 1 saturated heterocycles. The van der Waals surface area contributed by atoms with Crippen LogP contribution in [0.5, 0.6) is 0 Å². The van der Waals surface area contributed by atoms with Crippen LogP contribution in [0.3, 0.4) is 0 Å². The van der Waals surface area contributed by atoms with Crippen molar-refractivity contribution < 1.29 is 13.6 Å². The molecule has 3 nitrogen and oxygen atoms in total. The molecule has 1 aromatic rings. The number of piperidine rings is 1. The Kier molecular flexibility index (Phi) is 6.22. The normalized spacial score (nSPS) is 20.5. The molecule has 0 atom stereocenters. The highest BCUT2D eigenvalue weighted by atomic mass is 32.1. The Balaban J connectivity index is 1.53. The van der Waals surface area contributed by atoms with E-state index in [1.54, 1.807) is 16.2 Å². The van der Waals surface area contributed by atoms with Gasteiger partial charge in [-0.05, 0) is 50.2 Å². The van der Waals surface area contributed by atoms with Gasteiger partial charge in [0.05, 0.1) is 11.4 Å². The molecule has 6 heteroatoms. The highest BCUT2D eigenvalue weighted by Gasteiger charge is 2.24. The van der Waals surface area contributed by atoms with Crippen molar-refractivity contribution in [2.75, 3.05) is 19.6 Å². The fraction of sp³-hybridized carbons (Fsp3) is 0.722. The zero-order valence-corrected chi connectivity index (χ0v) is 14.8. The van der Waals surface area contributed by atoms with Gasteiger partial charge in [-0.2, -0.15) is 0 Å². The molecular weight excluding hydrogens is 330 g/mol. The summed E-state index contributed by atoms with van der Waals surface area (Å²) in [5, 5.41) is 3.11. The first-order valence-electron chi connectivity index (χ1n) is 9.05. The summed E-state index contributed by atoms with van der Waals surface area (Å²) in [4.78, 5) is 16.5. The average Bonchev–Trinajstić information content (AvgIpc) is 2.91. The topological polar surface area (TPSA) is 32.3 Å². The van der Waals surface area contributed by atoms with Crippen molar-refractivity contribution in [1.29, 1.82) is 0 Å². The number of rotatable bonds is 4. The molecule has 1 aliphatic heterocycles. The fourth-order valence-electron chi connectivity index (χ4n) is 3.67. The van der Waals surface area contributed by atoms with E-state index in [1.165, 1.54) is 36.1 Å². The number of halogens is 2. The minimum Gasteiger partial charge on any atom is -0.349 e. The second-order valence-corrected chi connectivity index (χ2v) is 8.05. The van der Waals surface area contributed by atoms with E-state index in [-0.39, 0.29) is 18.5 Å². The van der Waals surface area contributed by atoms with Crippen molar-refractivity contribution in [2.45, 2.75) is 63.8 Å². The monoisotopic (exact) mass is 356 g/mol. The summed E-state index contributed by atoms with van der Waals surface area (Å²) < 4.78 is 24.8. The van der Waals surface area contributed by atoms with E-state index >= 15 is 0 Å². The van der Waals surface area contributed by atoms with Crippen LogP contribution in [-0.4, -0.2) is 42.9 Å². The molecule has 0 saturated carbocycles. The molecule has 1 N–H and O–H groups in total. The molecule has 24 heavy (non-hydrogen) atoms. The molecule has 0 bridgehead atoms. The molecule has 0 spiro atoms. The van der Waals surface area contributed by atoms with Crippen LogP contribution in [0.25, 0.3) is 0 Å². The Morgan fingerprint density at radius 3 is 2.62 bits per heavy atom. The van der Waals surface area contributed by atoms with Gasteiger partial charge in [0.1, 0.15) is 0 Å². The summed E-state index contributed by atoms with van der Waals surface area (Å²) in [5.41, 5.74) is 1.36. The number of alkyl halides is 2. The van der Waals surface area contributed by atoms with Gasteiger partial charge < -0.3 is 5.32 Å². The Morgan fingerprint density at radius 2 is 1.92 bits per heavy atom. The van der Waals surface area contributed by atoms with E-state index < -0.39 is 6.43 Å². The van der Waals surface area contributed by atoms with Crippen LogP contribution in [0.15, 0.2) is 6.07 Å². The van der Waals surface area contributed by atoms with Crippen molar-refractivity contribution >= 4 is 17.2 Å². The van der Waals surface area contributed by atoms with Crippen LogP contribution < -0.4 is 5.32 Å². The number of nitrogens with zero attached hydrogens (tertiary/aromatic N) is 1. The molecule has 0 aromatic carbocycles. The van der Waals surface area contributed by atoms with E-state index in [2.05, 4.69) is 11.4 Å².